The van der Waals surface area contributed by atoms with E-state index in [0.717, 1.165) is 29.8 Å². The normalized spacial score (nSPS) is 20.5. The van der Waals surface area contributed by atoms with Gasteiger partial charge in [0.2, 0.25) is 11.8 Å². The molecule has 2 heterocycles. The van der Waals surface area contributed by atoms with Crippen LogP contribution in [0.3, 0.4) is 0 Å². The van der Waals surface area contributed by atoms with Crippen molar-refractivity contribution in [2.75, 3.05) is 5.32 Å². The van der Waals surface area contributed by atoms with Gasteiger partial charge in [0, 0.05) is 16.2 Å². The summed E-state index contributed by atoms with van der Waals surface area (Å²) < 4.78 is 0. The van der Waals surface area contributed by atoms with Crippen LogP contribution in [-0.2, 0) is 22.4 Å². The minimum atomic E-state index is -0.526. The first kappa shape index (κ1) is 19.0. The molecule has 4 rings (SSSR count). The first-order valence-corrected chi connectivity index (χ1v) is 11.0. The van der Waals surface area contributed by atoms with Gasteiger partial charge in [-0.3, -0.25) is 25.2 Å². The van der Waals surface area contributed by atoms with E-state index in [9.17, 15) is 14.4 Å². The first-order chi connectivity index (χ1) is 13.5. The molecule has 28 heavy (non-hydrogen) atoms. The smallest absolute Gasteiger partial charge is 0.279 e. The van der Waals surface area contributed by atoms with E-state index in [0.29, 0.717) is 10.8 Å². The van der Waals surface area contributed by atoms with Gasteiger partial charge < -0.3 is 5.32 Å². The van der Waals surface area contributed by atoms with Gasteiger partial charge in [-0.05, 0) is 48.9 Å². The maximum absolute atomic E-state index is 12.4. The van der Waals surface area contributed by atoms with E-state index >= 15 is 0 Å². The predicted octanol–water partition coefficient (Wildman–Crippen LogP) is 3.14. The number of hydrogen-bond acceptors (Lipinski definition) is 5. The second-order valence-corrected chi connectivity index (χ2v) is 9.59. The summed E-state index contributed by atoms with van der Waals surface area (Å²) in [7, 11) is 0. The quantitative estimate of drug-likeness (QED) is 0.672. The fourth-order valence-corrected chi connectivity index (χ4v) is 5.67. The summed E-state index contributed by atoms with van der Waals surface area (Å²) in [6, 6.07) is 9.41. The van der Waals surface area contributed by atoms with Crippen LogP contribution in [0.1, 0.15) is 39.9 Å². The standard InChI is InChI=1S/C20H21N3O3S2/c1-11-6-7-14-12(8-11)9-16(27-14)20(26)23-22-18(24)10-17-19(25)21-13-4-2-3-5-15(13)28-17/h2-5,9,11,17H,6-8,10H2,1H3,(H,21,25)(H,22,24)(H,23,26)/t11-,17+/m0/s1. The lowest BCUT2D eigenvalue weighted by Gasteiger charge is -2.23. The van der Waals surface area contributed by atoms with Crippen LogP contribution in [0.2, 0.25) is 0 Å². The van der Waals surface area contributed by atoms with Crippen molar-refractivity contribution in [3.8, 4) is 0 Å². The van der Waals surface area contributed by atoms with Crippen LogP contribution in [0.5, 0.6) is 0 Å². The van der Waals surface area contributed by atoms with E-state index in [1.165, 1.54) is 33.5 Å². The second kappa shape index (κ2) is 7.97. The van der Waals surface area contributed by atoms with Gasteiger partial charge in [-0.15, -0.1) is 23.1 Å². The molecule has 0 unspecified atom stereocenters. The van der Waals surface area contributed by atoms with E-state index in [4.69, 9.17) is 0 Å². The fraction of sp³-hybridized carbons (Fsp3) is 0.350. The highest BCUT2D eigenvalue weighted by molar-refractivity contribution is 8.01. The zero-order valence-corrected chi connectivity index (χ0v) is 17.0. The van der Waals surface area contributed by atoms with Gasteiger partial charge in [-0.2, -0.15) is 0 Å². The average Bonchev–Trinajstić information content (AvgIpc) is 3.10. The number of hydrazine groups is 1. The number of rotatable bonds is 3. The number of nitrogens with one attached hydrogen (secondary N) is 3. The summed E-state index contributed by atoms with van der Waals surface area (Å²) in [4.78, 5) is 39.6. The van der Waals surface area contributed by atoms with Gasteiger partial charge in [0.1, 0.15) is 0 Å². The lowest BCUT2D eigenvalue weighted by atomic mass is 9.90. The van der Waals surface area contributed by atoms with Gasteiger partial charge >= 0.3 is 0 Å². The van der Waals surface area contributed by atoms with Crippen molar-refractivity contribution in [3.05, 3.63) is 45.6 Å². The number of anilines is 1. The van der Waals surface area contributed by atoms with E-state index in [-0.39, 0.29) is 18.2 Å². The Balaban J connectivity index is 1.31. The van der Waals surface area contributed by atoms with Crippen LogP contribution in [0.15, 0.2) is 35.2 Å². The number of thiophene rings is 1. The van der Waals surface area contributed by atoms with Gasteiger partial charge in [0.05, 0.1) is 15.8 Å². The van der Waals surface area contributed by atoms with Crippen LogP contribution >= 0.6 is 23.1 Å². The van der Waals surface area contributed by atoms with Gasteiger partial charge in [0.25, 0.3) is 5.91 Å². The minimum Gasteiger partial charge on any atom is -0.324 e. The molecule has 0 saturated carbocycles. The summed E-state index contributed by atoms with van der Waals surface area (Å²) in [5, 5.41) is 2.29. The van der Waals surface area contributed by atoms with E-state index in [1.807, 2.05) is 30.3 Å². The number of thioether (sulfide) groups is 1. The molecule has 1 aliphatic heterocycles. The molecule has 3 amide bonds. The Bertz CT molecular complexity index is 941. The number of aryl methyl sites for hydroxylation is 1. The Hall–Kier alpha value is -2.32. The third-order valence-corrected chi connectivity index (χ3v) is 7.46. The average molecular weight is 416 g/mol. The van der Waals surface area contributed by atoms with Crippen molar-refractivity contribution in [2.45, 2.75) is 42.8 Å². The van der Waals surface area contributed by atoms with Crippen LogP contribution in [0.25, 0.3) is 0 Å². The Labute approximate surface area is 171 Å². The molecule has 2 aliphatic rings. The molecule has 0 fully saturated rings. The number of hydrogen-bond donors (Lipinski definition) is 3. The monoisotopic (exact) mass is 415 g/mol. The van der Waals surface area contributed by atoms with Gasteiger partial charge in [-0.1, -0.05) is 19.1 Å². The van der Waals surface area contributed by atoms with Crippen LogP contribution in [-0.4, -0.2) is 23.0 Å². The largest absolute Gasteiger partial charge is 0.324 e. The molecule has 0 saturated heterocycles. The topological polar surface area (TPSA) is 87.3 Å². The SMILES string of the molecule is C[C@H]1CCc2sc(C(=O)NNC(=O)C[C@H]3Sc4ccccc4NC3=O)cc2C1. The van der Waals surface area contributed by atoms with Crippen molar-refractivity contribution >= 4 is 46.5 Å². The molecular formula is C20H21N3O3S2. The third-order valence-electron chi connectivity index (χ3n) is 4.95. The number of fused-ring (bicyclic) bond motifs is 2. The molecular weight excluding hydrogens is 394 g/mol. The van der Waals surface area contributed by atoms with Crippen LogP contribution < -0.4 is 16.2 Å². The molecule has 3 N–H and O–H groups in total. The zero-order valence-electron chi connectivity index (χ0n) is 15.4. The van der Waals surface area contributed by atoms with E-state index in [2.05, 4.69) is 23.1 Å². The molecule has 1 aliphatic carbocycles. The molecule has 0 bridgehead atoms. The molecule has 1 aromatic carbocycles. The van der Waals surface area contributed by atoms with Crippen molar-refractivity contribution < 1.29 is 14.4 Å². The van der Waals surface area contributed by atoms with Crippen molar-refractivity contribution in [3.63, 3.8) is 0 Å². The number of amides is 3. The summed E-state index contributed by atoms with van der Waals surface area (Å²) in [5.41, 5.74) is 6.92. The first-order valence-electron chi connectivity index (χ1n) is 9.27. The summed E-state index contributed by atoms with van der Waals surface area (Å²) >= 11 is 2.85. The van der Waals surface area contributed by atoms with Gasteiger partial charge in [0.15, 0.2) is 0 Å². The number of para-hydroxylation sites is 1. The fourth-order valence-electron chi connectivity index (χ4n) is 3.45. The summed E-state index contributed by atoms with van der Waals surface area (Å²) in [5.74, 6) is -0.269. The molecule has 0 spiro atoms. The lowest BCUT2D eigenvalue weighted by Crippen LogP contribution is -2.43. The lowest BCUT2D eigenvalue weighted by molar-refractivity contribution is -0.124. The highest BCUT2D eigenvalue weighted by atomic mass is 32.2. The number of benzene rings is 1. The van der Waals surface area contributed by atoms with Gasteiger partial charge in [-0.25, -0.2) is 0 Å². The highest BCUT2D eigenvalue weighted by Crippen LogP contribution is 2.36. The Morgan fingerprint density at radius 1 is 1.25 bits per heavy atom. The molecule has 8 heteroatoms. The van der Waals surface area contributed by atoms with Crippen LogP contribution in [0.4, 0.5) is 5.69 Å². The highest BCUT2D eigenvalue weighted by Gasteiger charge is 2.29. The Morgan fingerprint density at radius 3 is 2.93 bits per heavy atom. The zero-order chi connectivity index (χ0) is 19.7. The minimum absolute atomic E-state index is 0.0103. The molecule has 6 nitrogen and oxygen atoms in total. The molecule has 0 radical (unpaired) electrons. The van der Waals surface area contributed by atoms with Crippen molar-refractivity contribution in [1.82, 2.24) is 10.9 Å². The number of carbonyl (C=O) groups excluding carboxylic acids is 3. The third kappa shape index (κ3) is 4.07. The second-order valence-electron chi connectivity index (χ2n) is 7.21. The van der Waals surface area contributed by atoms with Crippen molar-refractivity contribution in [1.29, 1.82) is 0 Å². The Kier molecular flexibility index (Phi) is 5.41. The summed E-state index contributed by atoms with van der Waals surface area (Å²) in [6.07, 6.45) is 3.15. The summed E-state index contributed by atoms with van der Waals surface area (Å²) in [6.45, 7) is 2.22. The van der Waals surface area contributed by atoms with Crippen LogP contribution in [0, 0.1) is 5.92 Å². The molecule has 2 atom stereocenters. The van der Waals surface area contributed by atoms with E-state index < -0.39 is 11.2 Å². The van der Waals surface area contributed by atoms with E-state index in [1.54, 1.807) is 0 Å². The molecule has 146 valence electrons. The Morgan fingerprint density at radius 2 is 2.07 bits per heavy atom. The number of carbonyl (C=O) groups is 3. The van der Waals surface area contributed by atoms with Crippen molar-refractivity contribution in [2.24, 2.45) is 5.92 Å². The molecule has 2 aromatic rings. The molecule has 1 aromatic heterocycles. The predicted molar refractivity (Wildman–Crippen MR) is 110 cm³/mol. The maximum Gasteiger partial charge on any atom is 0.279 e. The maximum atomic E-state index is 12.4.